The second-order valence-electron chi connectivity index (χ2n) is 7.34. The number of carbonyl (C=O) groups excluding carboxylic acids is 2. The lowest BCUT2D eigenvalue weighted by molar-refractivity contribution is -0.114. The molecule has 0 saturated carbocycles. The molecule has 1 aromatic carbocycles. The van der Waals surface area contributed by atoms with E-state index in [1.807, 2.05) is 63.3 Å². The maximum absolute atomic E-state index is 11.2. The molecule has 1 aromatic rings. The first-order valence-corrected chi connectivity index (χ1v) is 9.58. The number of nitrogens with one attached hydrogen (secondary N) is 2. The second-order valence-corrected chi connectivity index (χ2v) is 7.34. The van der Waals surface area contributed by atoms with Gasteiger partial charge >= 0.3 is 0 Å². The van der Waals surface area contributed by atoms with Crippen LogP contribution in [0, 0.1) is 0 Å². The Hall–Kier alpha value is -2.73. The predicted octanol–water partition coefficient (Wildman–Crippen LogP) is 2.82. The van der Waals surface area contributed by atoms with Crippen molar-refractivity contribution < 1.29 is 9.59 Å². The molecule has 1 heterocycles. The van der Waals surface area contributed by atoms with Crippen molar-refractivity contribution in [1.29, 1.82) is 0 Å². The van der Waals surface area contributed by atoms with Crippen LogP contribution in [-0.2, 0) is 15.1 Å². The molecule has 6 heteroatoms. The highest BCUT2D eigenvalue weighted by molar-refractivity contribution is 5.95. The van der Waals surface area contributed by atoms with E-state index >= 15 is 0 Å². The number of aliphatic imine (C=N–C) groups is 1. The van der Waals surface area contributed by atoms with Crippen molar-refractivity contribution in [1.82, 2.24) is 15.5 Å². The van der Waals surface area contributed by atoms with Crippen molar-refractivity contribution >= 4 is 24.4 Å². The van der Waals surface area contributed by atoms with Crippen molar-refractivity contribution in [3.63, 3.8) is 0 Å². The number of hydrogen-bond acceptors (Lipinski definition) is 4. The number of nitrogens with zero attached hydrogens (tertiary/aromatic N) is 2. The van der Waals surface area contributed by atoms with Gasteiger partial charge in [-0.1, -0.05) is 36.4 Å². The summed E-state index contributed by atoms with van der Waals surface area (Å²) in [6.45, 7) is 6.92. The second kappa shape index (κ2) is 9.99. The molecule has 150 valence electrons. The van der Waals surface area contributed by atoms with E-state index in [1.165, 1.54) is 0 Å². The molecule has 1 fully saturated rings. The molecule has 1 unspecified atom stereocenters. The Morgan fingerprint density at radius 2 is 2.00 bits per heavy atom. The number of amides is 2. The Bertz CT molecular complexity index is 757. The first-order valence-electron chi connectivity index (χ1n) is 9.58. The van der Waals surface area contributed by atoms with Crippen molar-refractivity contribution in [2.75, 3.05) is 13.6 Å². The van der Waals surface area contributed by atoms with E-state index in [0.717, 1.165) is 42.6 Å². The third-order valence-electron chi connectivity index (χ3n) is 4.87. The van der Waals surface area contributed by atoms with E-state index in [1.54, 1.807) is 11.9 Å². The number of amidine groups is 1. The Morgan fingerprint density at radius 3 is 2.54 bits per heavy atom. The maximum atomic E-state index is 11.2. The zero-order valence-electron chi connectivity index (χ0n) is 17.1. The average molecular weight is 383 g/mol. The molecule has 2 N–H and O–H groups in total. The summed E-state index contributed by atoms with van der Waals surface area (Å²) in [5, 5.41) is 6.14. The lowest BCUT2D eigenvalue weighted by Gasteiger charge is -2.25. The Kier molecular flexibility index (Phi) is 7.70. The topological polar surface area (TPSA) is 73.8 Å². The summed E-state index contributed by atoms with van der Waals surface area (Å²) in [5.74, 6) is 0.677. The summed E-state index contributed by atoms with van der Waals surface area (Å²) in [7, 11) is 1.73. The Balaban J connectivity index is 2.32. The van der Waals surface area contributed by atoms with Crippen LogP contribution in [0.2, 0.25) is 0 Å². The van der Waals surface area contributed by atoms with Crippen LogP contribution in [0.3, 0.4) is 0 Å². The number of rotatable bonds is 8. The van der Waals surface area contributed by atoms with E-state index in [2.05, 4.69) is 10.6 Å². The van der Waals surface area contributed by atoms with Crippen LogP contribution in [-0.4, -0.2) is 43.2 Å². The quantitative estimate of drug-likeness (QED) is 0.314. The molecule has 0 aliphatic carbocycles. The van der Waals surface area contributed by atoms with Crippen LogP contribution in [0.5, 0.6) is 0 Å². The summed E-state index contributed by atoms with van der Waals surface area (Å²) in [5.41, 5.74) is 2.29. The van der Waals surface area contributed by atoms with Crippen molar-refractivity contribution in [2.24, 2.45) is 4.99 Å². The molecule has 2 rings (SSSR count). The van der Waals surface area contributed by atoms with E-state index in [4.69, 9.17) is 4.99 Å². The number of allylic oxidation sites excluding steroid dienone is 3. The van der Waals surface area contributed by atoms with Crippen LogP contribution in [0.25, 0.3) is 5.70 Å². The van der Waals surface area contributed by atoms with Gasteiger partial charge in [0, 0.05) is 7.05 Å². The highest BCUT2D eigenvalue weighted by Crippen LogP contribution is 2.28. The molecule has 2 amide bonds. The highest BCUT2D eigenvalue weighted by Gasteiger charge is 2.25. The van der Waals surface area contributed by atoms with Crippen LogP contribution < -0.4 is 10.6 Å². The minimum atomic E-state index is -0.502. The number of carbonyl (C=O) groups is 2. The lowest BCUT2D eigenvalue weighted by atomic mass is 9.93. The van der Waals surface area contributed by atoms with Gasteiger partial charge in [-0.15, -0.1) is 0 Å². The fourth-order valence-electron chi connectivity index (χ4n) is 3.27. The third kappa shape index (κ3) is 5.39. The zero-order valence-corrected chi connectivity index (χ0v) is 17.1. The van der Waals surface area contributed by atoms with Crippen molar-refractivity contribution in [3.05, 3.63) is 53.6 Å². The van der Waals surface area contributed by atoms with Crippen molar-refractivity contribution in [2.45, 2.75) is 45.2 Å². The minimum absolute atomic E-state index is 0.0837. The predicted molar refractivity (Wildman–Crippen MR) is 114 cm³/mol. The summed E-state index contributed by atoms with van der Waals surface area (Å²) < 4.78 is 0. The highest BCUT2D eigenvalue weighted by atomic mass is 16.1. The van der Waals surface area contributed by atoms with Crippen LogP contribution >= 0.6 is 0 Å². The molecular weight excluding hydrogens is 352 g/mol. The van der Waals surface area contributed by atoms with Gasteiger partial charge in [-0.3, -0.25) is 14.6 Å². The Labute approximate surface area is 167 Å². The van der Waals surface area contributed by atoms with Gasteiger partial charge in [-0.2, -0.15) is 0 Å². The summed E-state index contributed by atoms with van der Waals surface area (Å²) in [6.07, 6.45) is 9.25. The monoisotopic (exact) mass is 382 g/mol. The normalized spacial score (nSPS) is 18.4. The molecule has 1 aliphatic heterocycles. The fourth-order valence-corrected chi connectivity index (χ4v) is 3.27. The van der Waals surface area contributed by atoms with Crippen LogP contribution in [0.15, 0.2) is 47.5 Å². The SMILES string of the molecule is C/C=C\C=C(\c1ccc(C(C)(C)N=C(NC=O)C2CCCN2)cc1)N(C)C=O. The molecule has 0 bridgehead atoms. The molecule has 0 radical (unpaired) electrons. The first kappa shape index (κ1) is 21.6. The average Bonchev–Trinajstić information content (AvgIpc) is 3.23. The maximum Gasteiger partial charge on any atom is 0.213 e. The summed E-state index contributed by atoms with van der Waals surface area (Å²) in [4.78, 5) is 28.6. The van der Waals surface area contributed by atoms with Gasteiger partial charge in [-0.05, 0) is 57.4 Å². The van der Waals surface area contributed by atoms with E-state index < -0.39 is 5.54 Å². The smallest absolute Gasteiger partial charge is 0.213 e. The summed E-state index contributed by atoms with van der Waals surface area (Å²) >= 11 is 0. The van der Waals surface area contributed by atoms with Crippen LogP contribution in [0.1, 0.15) is 44.7 Å². The van der Waals surface area contributed by atoms with E-state index in [0.29, 0.717) is 12.2 Å². The Morgan fingerprint density at radius 1 is 1.29 bits per heavy atom. The standard InChI is InChI=1S/C22H30N4O2/c1-5-6-9-20(26(4)16-28)17-10-12-18(13-11-17)22(2,3)25-21(24-15-27)19-8-7-14-23-19/h5-6,9-13,15-16,19,23H,7-8,14H2,1-4H3,(H,24,25,27)/b6-5-,20-9-. The number of benzene rings is 1. The van der Waals surface area contributed by atoms with E-state index in [-0.39, 0.29) is 6.04 Å². The molecule has 0 aromatic heterocycles. The van der Waals surface area contributed by atoms with Crippen molar-refractivity contribution in [3.8, 4) is 0 Å². The molecule has 1 aliphatic rings. The van der Waals surface area contributed by atoms with Gasteiger partial charge in [0.25, 0.3) is 0 Å². The lowest BCUT2D eigenvalue weighted by Crippen LogP contribution is -2.41. The van der Waals surface area contributed by atoms with Gasteiger partial charge in [0.1, 0.15) is 5.84 Å². The zero-order chi connectivity index (χ0) is 20.6. The van der Waals surface area contributed by atoms with Gasteiger partial charge in [0.15, 0.2) is 0 Å². The minimum Gasteiger partial charge on any atom is -0.317 e. The van der Waals surface area contributed by atoms with Gasteiger partial charge in [0.2, 0.25) is 12.8 Å². The third-order valence-corrected chi connectivity index (χ3v) is 4.87. The molecule has 6 nitrogen and oxygen atoms in total. The number of hydrogen-bond donors (Lipinski definition) is 2. The molecule has 1 saturated heterocycles. The summed E-state index contributed by atoms with van der Waals surface area (Å²) in [6, 6.07) is 8.09. The molecule has 28 heavy (non-hydrogen) atoms. The molecule has 1 atom stereocenters. The fraction of sp³-hybridized carbons (Fsp3) is 0.409. The van der Waals surface area contributed by atoms with Gasteiger partial charge in [-0.25, -0.2) is 0 Å². The first-order chi connectivity index (χ1) is 13.4. The largest absolute Gasteiger partial charge is 0.317 e. The van der Waals surface area contributed by atoms with Gasteiger partial charge < -0.3 is 15.5 Å². The molecule has 0 spiro atoms. The van der Waals surface area contributed by atoms with Gasteiger partial charge in [0.05, 0.1) is 17.3 Å². The van der Waals surface area contributed by atoms with Crippen LogP contribution in [0.4, 0.5) is 0 Å². The molecular formula is C22H30N4O2. The van der Waals surface area contributed by atoms with E-state index in [9.17, 15) is 9.59 Å².